The first-order valence-electron chi connectivity index (χ1n) is 5.27. The largest absolute Gasteiger partial charge is 0.477 e. The fourth-order valence-corrected chi connectivity index (χ4v) is 1.95. The number of halogens is 1. The molecule has 0 spiro atoms. The van der Waals surface area contributed by atoms with Crippen molar-refractivity contribution in [2.75, 3.05) is 11.6 Å². The van der Waals surface area contributed by atoms with E-state index in [0.717, 1.165) is 5.69 Å². The van der Waals surface area contributed by atoms with Gasteiger partial charge in [0.2, 0.25) is 0 Å². The lowest BCUT2D eigenvalue weighted by molar-refractivity contribution is -0.134. The molecule has 0 aliphatic carbocycles. The number of hydrazine groups is 1. The first-order valence-corrected chi connectivity index (χ1v) is 5.65. The number of benzene rings is 1. The van der Waals surface area contributed by atoms with E-state index in [9.17, 15) is 9.59 Å². The Labute approximate surface area is 109 Å². The van der Waals surface area contributed by atoms with Gasteiger partial charge in [0, 0.05) is 5.02 Å². The maximum absolute atomic E-state index is 11.5. The molecule has 18 heavy (non-hydrogen) atoms. The molecule has 0 atom stereocenters. The number of anilines is 1. The molecular formula is C12H11ClN2O3. The molecule has 0 fully saturated rings. The topological polar surface area (TPSA) is 69.6 Å². The summed E-state index contributed by atoms with van der Waals surface area (Å²) in [5.74, 6) is -1.64. The predicted octanol–water partition coefficient (Wildman–Crippen LogP) is 1.59. The molecule has 1 aromatic rings. The molecular weight excluding hydrogens is 256 g/mol. The van der Waals surface area contributed by atoms with E-state index < -0.39 is 11.8 Å². The minimum absolute atomic E-state index is 0.0401. The molecule has 0 bridgehead atoms. The summed E-state index contributed by atoms with van der Waals surface area (Å²) in [6, 6.07) is 6.88. The van der Waals surface area contributed by atoms with Crippen molar-refractivity contribution in [1.82, 2.24) is 5.43 Å². The van der Waals surface area contributed by atoms with Crippen LogP contribution in [-0.2, 0) is 9.59 Å². The predicted molar refractivity (Wildman–Crippen MR) is 67.3 cm³/mol. The molecule has 1 aliphatic heterocycles. The van der Waals surface area contributed by atoms with E-state index in [0.29, 0.717) is 10.7 Å². The van der Waals surface area contributed by atoms with Gasteiger partial charge < -0.3 is 5.11 Å². The van der Waals surface area contributed by atoms with Gasteiger partial charge in [0.1, 0.15) is 5.57 Å². The van der Waals surface area contributed by atoms with Gasteiger partial charge in [0.25, 0.3) is 0 Å². The van der Waals surface area contributed by atoms with Crippen LogP contribution in [0.4, 0.5) is 5.69 Å². The van der Waals surface area contributed by atoms with Crippen molar-refractivity contribution in [3.8, 4) is 0 Å². The SMILES string of the molecule is CC1=C(C(=O)O)C(=O)CNN1c1ccc(Cl)cc1. The highest BCUT2D eigenvalue weighted by Gasteiger charge is 2.28. The second-order valence-corrected chi connectivity index (χ2v) is 4.27. The van der Waals surface area contributed by atoms with Crippen molar-refractivity contribution in [3.63, 3.8) is 0 Å². The van der Waals surface area contributed by atoms with E-state index in [1.54, 1.807) is 36.2 Å². The number of nitrogens with one attached hydrogen (secondary N) is 1. The lowest BCUT2D eigenvalue weighted by Gasteiger charge is -2.30. The molecule has 0 amide bonds. The average Bonchev–Trinajstić information content (AvgIpc) is 2.30. The third-order valence-electron chi connectivity index (χ3n) is 2.67. The van der Waals surface area contributed by atoms with E-state index in [-0.39, 0.29) is 12.1 Å². The van der Waals surface area contributed by atoms with Crippen LogP contribution in [0.5, 0.6) is 0 Å². The number of carboxylic acid groups (broad SMARTS) is 1. The average molecular weight is 267 g/mol. The van der Waals surface area contributed by atoms with E-state index >= 15 is 0 Å². The van der Waals surface area contributed by atoms with Crippen LogP contribution >= 0.6 is 11.6 Å². The molecule has 1 aromatic carbocycles. The van der Waals surface area contributed by atoms with Gasteiger partial charge in [-0.15, -0.1) is 0 Å². The number of carbonyl (C=O) groups is 2. The van der Waals surface area contributed by atoms with Crippen molar-refractivity contribution < 1.29 is 14.7 Å². The Balaban J connectivity index is 2.43. The summed E-state index contributed by atoms with van der Waals surface area (Å²) in [5, 5.41) is 11.2. The molecule has 1 heterocycles. The Bertz CT molecular complexity index is 537. The number of carboxylic acids is 1. The third kappa shape index (κ3) is 2.23. The van der Waals surface area contributed by atoms with Gasteiger partial charge in [-0.25, -0.2) is 10.2 Å². The Morgan fingerprint density at radius 2 is 2.00 bits per heavy atom. The number of hydrogen-bond acceptors (Lipinski definition) is 4. The van der Waals surface area contributed by atoms with Gasteiger partial charge in [-0.1, -0.05) is 11.6 Å². The monoisotopic (exact) mass is 266 g/mol. The summed E-state index contributed by atoms with van der Waals surface area (Å²) in [4.78, 5) is 22.6. The number of ketones is 1. The fraction of sp³-hybridized carbons (Fsp3) is 0.167. The van der Waals surface area contributed by atoms with Crippen LogP contribution in [0, 0.1) is 0 Å². The summed E-state index contributed by atoms with van der Waals surface area (Å²) >= 11 is 5.79. The molecule has 0 saturated heterocycles. The van der Waals surface area contributed by atoms with E-state index in [4.69, 9.17) is 16.7 Å². The zero-order chi connectivity index (χ0) is 13.3. The standard InChI is InChI=1S/C12H11ClN2O3/c1-7-11(12(17)18)10(16)6-14-15(7)9-4-2-8(13)3-5-9/h2-5,14H,6H2,1H3,(H,17,18). The Morgan fingerprint density at radius 1 is 1.39 bits per heavy atom. The number of nitrogens with zero attached hydrogens (tertiary/aromatic N) is 1. The number of aliphatic carboxylic acids is 1. The summed E-state index contributed by atoms with van der Waals surface area (Å²) in [7, 11) is 0. The lowest BCUT2D eigenvalue weighted by Crippen LogP contribution is -2.47. The normalized spacial score (nSPS) is 16.1. The van der Waals surface area contributed by atoms with Gasteiger partial charge in [0.15, 0.2) is 5.78 Å². The van der Waals surface area contributed by atoms with Crippen molar-refractivity contribution in [2.24, 2.45) is 0 Å². The van der Waals surface area contributed by atoms with Crippen LogP contribution in [0.2, 0.25) is 5.02 Å². The molecule has 0 radical (unpaired) electrons. The van der Waals surface area contributed by atoms with Crippen molar-refractivity contribution in [1.29, 1.82) is 0 Å². The molecule has 94 valence electrons. The number of allylic oxidation sites excluding steroid dienone is 1. The highest BCUT2D eigenvalue weighted by molar-refractivity contribution is 6.30. The van der Waals surface area contributed by atoms with Gasteiger partial charge in [-0.05, 0) is 31.2 Å². The second-order valence-electron chi connectivity index (χ2n) is 3.84. The van der Waals surface area contributed by atoms with Crippen LogP contribution in [0.15, 0.2) is 35.5 Å². The first-order chi connectivity index (χ1) is 8.50. The first kappa shape index (κ1) is 12.6. The fourth-order valence-electron chi connectivity index (χ4n) is 1.82. The number of Topliss-reactive ketones (excluding diaryl/α,β-unsaturated/α-hetero) is 1. The number of rotatable bonds is 2. The van der Waals surface area contributed by atoms with E-state index in [1.165, 1.54) is 0 Å². The van der Waals surface area contributed by atoms with Gasteiger partial charge in [0.05, 0.1) is 17.9 Å². The lowest BCUT2D eigenvalue weighted by atomic mass is 10.1. The second kappa shape index (κ2) is 4.80. The van der Waals surface area contributed by atoms with E-state index in [2.05, 4.69) is 5.43 Å². The molecule has 1 aliphatic rings. The van der Waals surface area contributed by atoms with Crippen LogP contribution in [0.25, 0.3) is 0 Å². The van der Waals surface area contributed by atoms with Crippen LogP contribution < -0.4 is 10.4 Å². The summed E-state index contributed by atoms with van der Waals surface area (Å²) in [5.41, 5.74) is 3.75. The zero-order valence-electron chi connectivity index (χ0n) is 9.61. The summed E-state index contributed by atoms with van der Waals surface area (Å²) in [6.07, 6.45) is 0. The van der Waals surface area contributed by atoms with Crippen molar-refractivity contribution >= 4 is 29.0 Å². The Kier molecular flexibility index (Phi) is 3.36. The summed E-state index contributed by atoms with van der Waals surface area (Å²) in [6.45, 7) is 1.55. The van der Waals surface area contributed by atoms with Gasteiger partial charge in [-0.3, -0.25) is 9.80 Å². The molecule has 0 aromatic heterocycles. The van der Waals surface area contributed by atoms with Crippen LogP contribution in [-0.4, -0.2) is 23.4 Å². The van der Waals surface area contributed by atoms with Crippen molar-refractivity contribution in [2.45, 2.75) is 6.92 Å². The van der Waals surface area contributed by atoms with Gasteiger partial charge in [-0.2, -0.15) is 0 Å². The highest BCUT2D eigenvalue weighted by atomic mass is 35.5. The molecule has 2 N–H and O–H groups in total. The molecule has 0 saturated carbocycles. The maximum atomic E-state index is 11.5. The third-order valence-corrected chi connectivity index (χ3v) is 2.92. The van der Waals surface area contributed by atoms with Crippen LogP contribution in [0.3, 0.4) is 0 Å². The molecule has 5 nitrogen and oxygen atoms in total. The number of hydrogen-bond donors (Lipinski definition) is 2. The zero-order valence-corrected chi connectivity index (χ0v) is 10.4. The summed E-state index contributed by atoms with van der Waals surface area (Å²) < 4.78 is 0. The minimum Gasteiger partial charge on any atom is -0.477 e. The Morgan fingerprint density at radius 3 is 2.56 bits per heavy atom. The van der Waals surface area contributed by atoms with Crippen molar-refractivity contribution in [3.05, 3.63) is 40.6 Å². The number of carbonyl (C=O) groups excluding carboxylic acids is 1. The quantitative estimate of drug-likeness (QED) is 0.796. The smallest absolute Gasteiger partial charge is 0.341 e. The minimum atomic E-state index is -1.21. The molecule has 6 heteroatoms. The maximum Gasteiger partial charge on any atom is 0.341 e. The molecule has 2 rings (SSSR count). The van der Waals surface area contributed by atoms with E-state index in [1.807, 2.05) is 0 Å². The van der Waals surface area contributed by atoms with Crippen LogP contribution in [0.1, 0.15) is 6.92 Å². The Hall–Kier alpha value is -1.85. The van der Waals surface area contributed by atoms with Gasteiger partial charge >= 0.3 is 5.97 Å². The molecule has 0 unspecified atom stereocenters. The highest BCUT2D eigenvalue weighted by Crippen LogP contribution is 2.23.